The van der Waals surface area contributed by atoms with Gasteiger partial charge in [0.15, 0.2) is 24.7 Å². The van der Waals surface area contributed by atoms with Crippen LogP contribution >= 0.6 is 38.5 Å². The van der Waals surface area contributed by atoms with Crippen molar-refractivity contribution in [3.05, 3.63) is 60.8 Å². The van der Waals surface area contributed by atoms with Gasteiger partial charge in [-0.1, -0.05) is 6.07 Å². The van der Waals surface area contributed by atoms with Crippen molar-refractivity contribution in [1.29, 1.82) is 0 Å². The Kier molecular flexibility index (Phi) is 11.3. The number of carbonyl (C=O) groups is 4. The molecule has 1 aliphatic heterocycles. The quantitative estimate of drug-likeness (QED) is 0.110. The smallest absolute Gasteiger partial charge is 0.341 e. The average molecular weight is 745 g/mol. The Labute approximate surface area is 256 Å². The molecule has 218 valence electrons. The fraction of sp³-hybridized carbons (Fsp3) is 0.269. The summed E-state index contributed by atoms with van der Waals surface area (Å²) in [6, 6.07) is 6.90. The number of rotatable bonds is 12. The lowest BCUT2D eigenvalue weighted by Gasteiger charge is -2.28. The molecule has 3 rings (SSSR count). The molecule has 15 heteroatoms. The van der Waals surface area contributed by atoms with Gasteiger partial charge >= 0.3 is 18.0 Å². The van der Waals surface area contributed by atoms with E-state index < -0.39 is 36.5 Å². The molecule has 0 saturated carbocycles. The number of hydrogen-bond donors (Lipinski definition) is 4. The van der Waals surface area contributed by atoms with E-state index in [0.717, 1.165) is 0 Å². The Morgan fingerprint density at radius 3 is 2.59 bits per heavy atom. The van der Waals surface area contributed by atoms with Crippen molar-refractivity contribution < 1.29 is 43.2 Å². The fourth-order valence-electron chi connectivity index (χ4n) is 3.69. The van der Waals surface area contributed by atoms with E-state index in [-0.39, 0.29) is 30.3 Å². The number of nitrogens with zero attached hydrogens (tertiary/aromatic N) is 1. The largest absolute Gasteiger partial charge is 0.493 e. The zero-order valence-corrected chi connectivity index (χ0v) is 25.8. The lowest BCUT2D eigenvalue weighted by atomic mass is 9.95. The number of esters is 1. The summed E-state index contributed by atoms with van der Waals surface area (Å²) in [5.41, 5.74) is 4.15. The van der Waals surface area contributed by atoms with Gasteiger partial charge in [-0.25, -0.2) is 19.8 Å². The number of ether oxygens (including phenoxy) is 4. The minimum absolute atomic E-state index is 0.172. The van der Waals surface area contributed by atoms with Gasteiger partial charge in [-0.05, 0) is 87.8 Å². The second kappa shape index (κ2) is 14.7. The Morgan fingerprint density at radius 1 is 1.17 bits per heavy atom. The predicted molar refractivity (Wildman–Crippen MR) is 158 cm³/mol. The maximum absolute atomic E-state index is 12.6. The first-order valence-corrected chi connectivity index (χ1v) is 13.8. The summed E-state index contributed by atoms with van der Waals surface area (Å²) in [7, 11) is 1.42. The molecule has 0 aromatic heterocycles. The van der Waals surface area contributed by atoms with Gasteiger partial charge < -0.3 is 34.7 Å². The molecule has 4 N–H and O–H groups in total. The van der Waals surface area contributed by atoms with E-state index in [9.17, 15) is 19.2 Å². The topological polar surface area (TPSA) is 174 Å². The van der Waals surface area contributed by atoms with Crippen molar-refractivity contribution in [2.24, 2.45) is 5.10 Å². The highest BCUT2D eigenvalue weighted by Gasteiger charge is 2.32. The molecule has 0 spiro atoms. The van der Waals surface area contributed by atoms with Crippen LogP contribution in [0.4, 0.5) is 4.79 Å². The third-order valence-corrected chi connectivity index (χ3v) is 6.80. The second-order valence-corrected chi connectivity index (χ2v) is 10.3. The summed E-state index contributed by atoms with van der Waals surface area (Å²) < 4.78 is 22.6. The third-order valence-electron chi connectivity index (χ3n) is 5.41. The summed E-state index contributed by atoms with van der Waals surface area (Å²) >= 11 is 5.33. The number of carboxylic acid groups (broad SMARTS) is 1. The number of hydrazone groups is 1. The number of urea groups is 1. The lowest BCUT2D eigenvalue weighted by Crippen LogP contribution is -2.45. The van der Waals surface area contributed by atoms with Crippen LogP contribution in [0, 0.1) is 3.57 Å². The van der Waals surface area contributed by atoms with E-state index in [1.807, 2.05) is 22.6 Å². The van der Waals surface area contributed by atoms with Gasteiger partial charge in [0.25, 0.3) is 5.91 Å². The van der Waals surface area contributed by atoms with Crippen molar-refractivity contribution in [3.8, 4) is 17.2 Å². The first-order valence-electron chi connectivity index (χ1n) is 12.0. The summed E-state index contributed by atoms with van der Waals surface area (Å²) in [6.45, 7) is 2.61. The van der Waals surface area contributed by atoms with E-state index in [4.69, 9.17) is 24.1 Å². The van der Waals surface area contributed by atoms with Crippen molar-refractivity contribution in [2.45, 2.75) is 19.9 Å². The van der Waals surface area contributed by atoms with E-state index in [2.05, 4.69) is 37.1 Å². The molecule has 1 atom stereocenters. The van der Waals surface area contributed by atoms with E-state index in [0.29, 0.717) is 30.6 Å². The van der Waals surface area contributed by atoms with Crippen LogP contribution in [0.3, 0.4) is 0 Å². The van der Waals surface area contributed by atoms with Gasteiger partial charge in [0.05, 0.1) is 39.6 Å². The van der Waals surface area contributed by atoms with Crippen LogP contribution in [0.5, 0.6) is 17.2 Å². The number of benzene rings is 2. The van der Waals surface area contributed by atoms with Crippen LogP contribution in [0.15, 0.2) is 51.2 Å². The highest BCUT2D eigenvalue weighted by atomic mass is 127. The molecule has 0 bridgehead atoms. The Hall–Kier alpha value is -3.86. The predicted octanol–water partition coefficient (Wildman–Crippen LogP) is 3.25. The molecule has 2 aromatic rings. The molecule has 0 radical (unpaired) electrons. The Morgan fingerprint density at radius 2 is 1.93 bits per heavy atom. The number of aliphatic carboxylic acids is 1. The minimum Gasteiger partial charge on any atom is -0.493 e. The van der Waals surface area contributed by atoms with E-state index in [1.54, 1.807) is 44.2 Å². The molecule has 0 saturated heterocycles. The maximum atomic E-state index is 12.6. The molecular formula is C26H26BrIN4O9. The fourth-order valence-corrected chi connectivity index (χ4v) is 5.46. The van der Waals surface area contributed by atoms with Crippen LogP contribution in [0.1, 0.15) is 31.0 Å². The van der Waals surface area contributed by atoms with Crippen molar-refractivity contribution in [3.63, 3.8) is 0 Å². The SMILES string of the molecule is CCOC(=O)C1=C(C)NC(=O)N[C@H]1c1ccc(OCC(=O)N/N=C\c2cc(Br)c(OCC(=O)O)c(I)c2)c(OC)c1. The minimum atomic E-state index is -1.09. The van der Waals surface area contributed by atoms with Gasteiger partial charge in [0.2, 0.25) is 0 Å². The molecule has 2 aromatic carbocycles. The summed E-state index contributed by atoms with van der Waals surface area (Å²) in [4.78, 5) is 47.7. The number of methoxy groups -OCH3 is 1. The zero-order valence-electron chi connectivity index (χ0n) is 22.1. The van der Waals surface area contributed by atoms with Crippen LogP contribution in [0.25, 0.3) is 0 Å². The van der Waals surface area contributed by atoms with Gasteiger partial charge in [-0.2, -0.15) is 5.10 Å². The van der Waals surface area contributed by atoms with Crippen LogP contribution in [0.2, 0.25) is 0 Å². The standard InChI is InChI=1S/C26H26BrIN4O9/c1-4-39-25(36)22-13(2)30-26(37)31-23(22)15-5-6-18(19(9-15)38-3)40-11-20(33)32-29-10-14-7-16(27)24(17(28)8-14)41-12-21(34)35/h5-10,23H,4,11-12H2,1-3H3,(H,32,33)(H,34,35)(H2,30,31,37)/b29-10-/t23-/m0/s1. The van der Waals surface area contributed by atoms with E-state index in [1.165, 1.54) is 13.3 Å². The van der Waals surface area contributed by atoms with Crippen LogP contribution in [-0.2, 0) is 19.1 Å². The first kappa shape index (κ1) is 31.7. The average Bonchev–Trinajstić information content (AvgIpc) is 2.90. The number of allylic oxidation sites excluding steroid dienone is 1. The second-order valence-electron chi connectivity index (χ2n) is 8.28. The lowest BCUT2D eigenvalue weighted by molar-refractivity contribution is -0.140. The number of carboxylic acids is 1. The van der Waals surface area contributed by atoms with Crippen molar-refractivity contribution in [2.75, 3.05) is 26.9 Å². The molecule has 3 amide bonds. The number of halogens is 2. The van der Waals surface area contributed by atoms with Gasteiger partial charge in [0, 0.05) is 5.70 Å². The molecule has 0 aliphatic carbocycles. The van der Waals surface area contributed by atoms with Gasteiger partial charge in [-0.3, -0.25) is 4.79 Å². The molecule has 13 nitrogen and oxygen atoms in total. The number of nitrogens with one attached hydrogen (secondary N) is 3. The number of hydrogen-bond acceptors (Lipinski definition) is 9. The van der Waals surface area contributed by atoms with Crippen molar-refractivity contribution in [1.82, 2.24) is 16.1 Å². The Balaban J connectivity index is 1.65. The summed E-state index contributed by atoms with van der Waals surface area (Å²) in [5, 5.41) is 18.0. The normalized spacial score (nSPS) is 14.7. The number of amides is 3. The van der Waals surface area contributed by atoms with Crippen molar-refractivity contribution >= 4 is 68.6 Å². The molecule has 0 unspecified atom stereocenters. The maximum Gasteiger partial charge on any atom is 0.341 e. The number of carbonyl (C=O) groups excluding carboxylic acids is 3. The highest BCUT2D eigenvalue weighted by molar-refractivity contribution is 14.1. The Bertz CT molecular complexity index is 1390. The summed E-state index contributed by atoms with van der Waals surface area (Å²) in [5.74, 6) is -1.29. The summed E-state index contributed by atoms with van der Waals surface area (Å²) in [6.07, 6.45) is 1.41. The molecular weight excluding hydrogens is 719 g/mol. The molecule has 0 fully saturated rings. The molecule has 1 heterocycles. The third kappa shape index (κ3) is 8.56. The zero-order chi connectivity index (χ0) is 30.1. The molecule has 41 heavy (non-hydrogen) atoms. The van der Waals surface area contributed by atoms with Crippen LogP contribution in [-0.4, -0.2) is 62.1 Å². The van der Waals surface area contributed by atoms with Gasteiger partial charge in [0.1, 0.15) is 5.75 Å². The van der Waals surface area contributed by atoms with Crippen LogP contribution < -0.4 is 30.3 Å². The molecule has 1 aliphatic rings. The monoisotopic (exact) mass is 744 g/mol. The van der Waals surface area contributed by atoms with Gasteiger partial charge in [-0.15, -0.1) is 0 Å². The van der Waals surface area contributed by atoms with E-state index >= 15 is 0 Å². The highest BCUT2D eigenvalue weighted by Crippen LogP contribution is 2.35. The first-order chi connectivity index (χ1) is 19.5.